The summed E-state index contributed by atoms with van der Waals surface area (Å²) in [5, 5.41) is 0.317. The lowest BCUT2D eigenvalue weighted by Crippen LogP contribution is -2.35. The SMILES string of the molecule is O=S1(=O)CCC(NS(=O)(=O)c2cccc(Cl)c2)C1. The molecule has 18 heavy (non-hydrogen) atoms. The number of hydrogen-bond donors (Lipinski definition) is 1. The molecule has 0 bridgehead atoms. The molecule has 0 radical (unpaired) electrons. The molecule has 1 unspecified atom stereocenters. The summed E-state index contributed by atoms with van der Waals surface area (Å²) in [5.41, 5.74) is 0. The molecular weight excluding hydrogens is 298 g/mol. The van der Waals surface area contributed by atoms with Gasteiger partial charge in [-0.05, 0) is 24.6 Å². The van der Waals surface area contributed by atoms with Crippen LogP contribution in [0.5, 0.6) is 0 Å². The van der Waals surface area contributed by atoms with Crippen molar-refractivity contribution in [2.75, 3.05) is 11.5 Å². The van der Waals surface area contributed by atoms with Crippen molar-refractivity contribution in [2.45, 2.75) is 17.4 Å². The molecule has 1 N–H and O–H groups in total. The lowest BCUT2D eigenvalue weighted by atomic mass is 10.3. The van der Waals surface area contributed by atoms with Gasteiger partial charge in [0, 0.05) is 11.1 Å². The van der Waals surface area contributed by atoms with Crippen molar-refractivity contribution in [1.29, 1.82) is 0 Å². The van der Waals surface area contributed by atoms with Gasteiger partial charge in [0.2, 0.25) is 10.0 Å². The first-order chi connectivity index (χ1) is 8.28. The van der Waals surface area contributed by atoms with Gasteiger partial charge in [-0.2, -0.15) is 0 Å². The Morgan fingerprint density at radius 2 is 2.06 bits per heavy atom. The quantitative estimate of drug-likeness (QED) is 0.896. The maximum atomic E-state index is 12.0. The van der Waals surface area contributed by atoms with E-state index in [0.29, 0.717) is 11.4 Å². The van der Waals surface area contributed by atoms with E-state index >= 15 is 0 Å². The van der Waals surface area contributed by atoms with Gasteiger partial charge >= 0.3 is 0 Å². The molecular formula is C10H12ClNO4S2. The van der Waals surface area contributed by atoms with Crippen LogP contribution in [-0.2, 0) is 19.9 Å². The highest BCUT2D eigenvalue weighted by Gasteiger charge is 2.31. The van der Waals surface area contributed by atoms with Crippen molar-refractivity contribution in [3.05, 3.63) is 29.3 Å². The van der Waals surface area contributed by atoms with Crippen LogP contribution >= 0.6 is 11.6 Å². The van der Waals surface area contributed by atoms with Crippen molar-refractivity contribution in [3.63, 3.8) is 0 Å². The summed E-state index contributed by atoms with van der Waals surface area (Å²) in [7, 11) is -6.83. The summed E-state index contributed by atoms with van der Waals surface area (Å²) in [4.78, 5) is 0.0410. The van der Waals surface area contributed by atoms with E-state index in [9.17, 15) is 16.8 Å². The second kappa shape index (κ2) is 4.80. The summed E-state index contributed by atoms with van der Waals surface area (Å²) in [5.74, 6) is -0.122. The van der Waals surface area contributed by atoms with Crippen LogP contribution < -0.4 is 4.72 Å². The normalized spacial score (nSPS) is 23.1. The number of sulfone groups is 1. The van der Waals surface area contributed by atoms with Gasteiger partial charge < -0.3 is 0 Å². The highest BCUT2D eigenvalue weighted by atomic mass is 35.5. The summed E-state index contributed by atoms with van der Waals surface area (Å²) in [6, 6.07) is 5.28. The zero-order valence-electron chi connectivity index (χ0n) is 9.34. The molecule has 1 aromatic carbocycles. The summed E-state index contributed by atoms with van der Waals surface area (Å²) in [6.07, 6.45) is 0.308. The molecule has 1 heterocycles. The van der Waals surface area contributed by atoms with Gasteiger partial charge in [-0.25, -0.2) is 21.6 Å². The Hall–Kier alpha value is -0.630. The molecule has 0 aliphatic carbocycles. The van der Waals surface area contributed by atoms with Gasteiger partial charge in [0.05, 0.1) is 16.4 Å². The monoisotopic (exact) mass is 309 g/mol. The molecule has 0 saturated carbocycles. The Bertz CT molecular complexity index is 654. The van der Waals surface area contributed by atoms with Crippen molar-refractivity contribution in [2.24, 2.45) is 0 Å². The highest BCUT2D eigenvalue weighted by molar-refractivity contribution is 7.92. The molecule has 1 fully saturated rings. The number of hydrogen-bond acceptors (Lipinski definition) is 4. The average Bonchev–Trinajstić information content (AvgIpc) is 2.57. The molecule has 1 aliphatic rings. The Labute approximate surface area is 111 Å². The molecule has 1 atom stereocenters. The predicted octanol–water partition coefficient (Wildman–Crippen LogP) is 0.805. The first kappa shape index (κ1) is 13.8. The van der Waals surface area contributed by atoms with Crippen LogP contribution in [0, 0.1) is 0 Å². The van der Waals surface area contributed by atoms with Gasteiger partial charge in [-0.1, -0.05) is 17.7 Å². The van der Waals surface area contributed by atoms with Gasteiger partial charge in [0.1, 0.15) is 0 Å². The Morgan fingerprint density at radius 3 is 2.61 bits per heavy atom. The number of sulfonamides is 1. The van der Waals surface area contributed by atoms with Crippen molar-refractivity contribution in [1.82, 2.24) is 4.72 Å². The Morgan fingerprint density at radius 1 is 1.33 bits per heavy atom. The van der Waals surface area contributed by atoms with Crippen LogP contribution in [0.1, 0.15) is 6.42 Å². The maximum absolute atomic E-state index is 12.0. The fourth-order valence-corrected chi connectivity index (χ4v) is 5.16. The average molecular weight is 310 g/mol. The molecule has 1 saturated heterocycles. The fourth-order valence-electron chi connectivity index (χ4n) is 1.81. The van der Waals surface area contributed by atoms with Gasteiger partial charge in [0.15, 0.2) is 9.84 Å². The van der Waals surface area contributed by atoms with E-state index in [1.807, 2.05) is 0 Å². The largest absolute Gasteiger partial charge is 0.240 e. The van der Waals surface area contributed by atoms with Gasteiger partial charge in [-0.15, -0.1) is 0 Å². The van der Waals surface area contributed by atoms with E-state index in [2.05, 4.69) is 4.72 Å². The fraction of sp³-hybridized carbons (Fsp3) is 0.400. The second-order valence-corrected chi connectivity index (χ2v) is 8.56. The Kier molecular flexibility index (Phi) is 3.68. The van der Waals surface area contributed by atoms with E-state index in [4.69, 9.17) is 11.6 Å². The minimum Gasteiger partial charge on any atom is -0.229 e. The maximum Gasteiger partial charge on any atom is 0.240 e. The number of benzene rings is 1. The molecule has 0 aromatic heterocycles. The minimum absolute atomic E-state index is 0.0235. The van der Waals surface area contributed by atoms with Crippen molar-refractivity contribution in [3.8, 4) is 0 Å². The lowest BCUT2D eigenvalue weighted by Gasteiger charge is -2.11. The number of nitrogens with one attached hydrogen (secondary N) is 1. The van der Waals surface area contributed by atoms with Gasteiger partial charge in [-0.3, -0.25) is 0 Å². The molecule has 100 valence electrons. The zero-order chi connectivity index (χ0) is 13.4. The third kappa shape index (κ3) is 3.23. The van der Waals surface area contributed by atoms with Crippen molar-refractivity contribution < 1.29 is 16.8 Å². The van der Waals surface area contributed by atoms with Gasteiger partial charge in [0.25, 0.3) is 0 Å². The summed E-state index contributed by atoms with van der Waals surface area (Å²) in [6.45, 7) is 0. The Balaban J connectivity index is 2.18. The molecule has 1 aromatic rings. The van der Waals surface area contributed by atoms with Crippen LogP contribution in [0.15, 0.2) is 29.2 Å². The lowest BCUT2D eigenvalue weighted by molar-refractivity contribution is 0.562. The van der Waals surface area contributed by atoms with E-state index in [1.54, 1.807) is 6.07 Å². The van der Waals surface area contributed by atoms with Crippen LogP contribution in [0.4, 0.5) is 0 Å². The zero-order valence-corrected chi connectivity index (χ0v) is 11.7. The van der Waals surface area contributed by atoms with Crippen molar-refractivity contribution >= 4 is 31.5 Å². The topological polar surface area (TPSA) is 80.3 Å². The smallest absolute Gasteiger partial charge is 0.229 e. The van der Waals surface area contributed by atoms with E-state index in [0.717, 1.165) is 0 Å². The first-order valence-electron chi connectivity index (χ1n) is 5.27. The van der Waals surface area contributed by atoms with Crippen LogP contribution in [0.2, 0.25) is 5.02 Å². The number of halogens is 1. The molecule has 5 nitrogen and oxygen atoms in total. The third-order valence-electron chi connectivity index (χ3n) is 2.66. The highest BCUT2D eigenvalue weighted by Crippen LogP contribution is 2.18. The van der Waals surface area contributed by atoms with Crippen LogP contribution in [0.25, 0.3) is 0 Å². The summed E-state index contributed by atoms with van der Waals surface area (Å²) < 4.78 is 48.9. The van der Waals surface area contributed by atoms with E-state index in [1.165, 1.54) is 18.2 Å². The molecule has 0 spiro atoms. The first-order valence-corrected chi connectivity index (χ1v) is 8.95. The minimum atomic E-state index is -3.72. The molecule has 2 rings (SSSR count). The molecule has 1 aliphatic heterocycles. The number of rotatable bonds is 3. The standard InChI is InChI=1S/C10H12ClNO4S2/c11-8-2-1-3-10(6-8)18(15,16)12-9-4-5-17(13,14)7-9/h1-3,6,9,12H,4-5,7H2. The second-order valence-electron chi connectivity index (χ2n) is 4.18. The predicted molar refractivity (Wildman–Crippen MR) is 68.8 cm³/mol. The third-order valence-corrected chi connectivity index (χ3v) is 6.18. The van der Waals surface area contributed by atoms with E-state index < -0.39 is 25.9 Å². The molecule has 0 amide bonds. The molecule has 8 heteroatoms. The van der Waals surface area contributed by atoms with Crippen LogP contribution in [-0.4, -0.2) is 34.4 Å². The van der Waals surface area contributed by atoms with Crippen LogP contribution in [0.3, 0.4) is 0 Å². The summed E-state index contributed by atoms with van der Waals surface area (Å²) >= 11 is 5.72. The van der Waals surface area contributed by atoms with E-state index in [-0.39, 0.29) is 16.4 Å².